The Kier molecular flexibility index (Phi) is 1.16. The van der Waals surface area contributed by atoms with Gasteiger partial charge >= 0.3 is 0 Å². The Morgan fingerprint density at radius 2 is 2.33 bits per heavy atom. The fraction of sp³-hybridized carbons (Fsp3) is 0.167. The van der Waals surface area contributed by atoms with Crippen LogP contribution in [0.3, 0.4) is 0 Å². The van der Waals surface area contributed by atoms with E-state index in [0.29, 0.717) is 5.56 Å². The summed E-state index contributed by atoms with van der Waals surface area (Å²) < 4.78 is 0.883. The first-order chi connectivity index (χ1) is 4.24. The topological polar surface area (TPSA) is 49.0 Å². The van der Waals surface area contributed by atoms with Crippen LogP contribution in [0.15, 0.2) is 12.4 Å². The molecule has 1 heterocycles. The minimum absolute atomic E-state index is 0.512. The summed E-state index contributed by atoms with van der Waals surface area (Å²) in [6.07, 6.45) is 2.86. The van der Waals surface area contributed by atoms with Crippen molar-refractivity contribution in [1.82, 2.24) is 4.73 Å². The molecule has 0 amide bonds. The van der Waals surface area contributed by atoms with E-state index in [-0.39, 0.29) is 0 Å². The number of rotatable bonds is 0. The first kappa shape index (κ1) is 5.70. The molecule has 0 saturated carbocycles. The van der Waals surface area contributed by atoms with Gasteiger partial charge in [0.05, 0.1) is 11.8 Å². The first-order valence-electron chi connectivity index (χ1n) is 2.52. The highest BCUT2D eigenvalue weighted by molar-refractivity contribution is 5.33. The zero-order valence-corrected chi connectivity index (χ0v) is 5.00. The molecule has 1 aromatic rings. The van der Waals surface area contributed by atoms with Gasteiger partial charge in [-0.05, 0) is 12.5 Å². The van der Waals surface area contributed by atoms with Gasteiger partial charge in [-0.2, -0.15) is 5.26 Å². The maximum absolute atomic E-state index is 8.73. The van der Waals surface area contributed by atoms with Crippen LogP contribution in [0, 0.1) is 18.3 Å². The molecule has 1 rings (SSSR count). The lowest BCUT2D eigenvalue weighted by molar-refractivity contribution is 0.187. The van der Waals surface area contributed by atoms with E-state index < -0.39 is 0 Å². The van der Waals surface area contributed by atoms with Gasteiger partial charge in [0.1, 0.15) is 6.07 Å². The highest BCUT2D eigenvalue weighted by Gasteiger charge is 1.97. The average molecular weight is 122 g/mol. The number of nitrogens with zero attached hydrogens (tertiary/aromatic N) is 2. The molecule has 0 unspecified atom stereocenters. The minimum atomic E-state index is 0.512. The van der Waals surface area contributed by atoms with Crippen LogP contribution in [0.2, 0.25) is 0 Å². The Hall–Kier alpha value is -1.43. The van der Waals surface area contributed by atoms with Crippen molar-refractivity contribution in [2.75, 3.05) is 0 Å². The monoisotopic (exact) mass is 122 g/mol. The fourth-order valence-electron chi connectivity index (χ4n) is 0.656. The number of hydrogen-bond donors (Lipinski definition) is 1. The van der Waals surface area contributed by atoms with Gasteiger partial charge in [0.2, 0.25) is 0 Å². The molecule has 1 N–H and O–H groups in total. The molecule has 1 aromatic heterocycles. The van der Waals surface area contributed by atoms with Crippen LogP contribution in [0.25, 0.3) is 0 Å². The summed E-state index contributed by atoms with van der Waals surface area (Å²) in [5, 5.41) is 17.1. The molecule has 0 fully saturated rings. The van der Waals surface area contributed by atoms with E-state index in [4.69, 9.17) is 10.5 Å². The number of aryl methyl sites for hydroxylation is 1. The van der Waals surface area contributed by atoms with Gasteiger partial charge in [-0.3, -0.25) is 0 Å². The van der Waals surface area contributed by atoms with Crippen molar-refractivity contribution in [1.29, 1.82) is 5.26 Å². The van der Waals surface area contributed by atoms with Gasteiger partial charge in [0, 0.05) is 6.20 Å². The van der Waals surface area contributed by atoms with Crippen molar-refractivity contribution in [3.05, 3.63) is 23.5 Å². The standard InChI is InChI=1S/C6H6N2O/c1-5-3-8(9)4-6(5)2-7/h3-4,9H,1H3. The predicted octanol–water partition coefficient (Wildman–Crippen LogP) is 0.905. The third-order valence-corrected chi connectivity index (χ3v) is 1.13. The summed E-state index contributed by atoms with van der Waals surface area (Å²) in [7, 11) is 0. The van der Waals surface area contributed by atoms with Crippen LogP contribution in [0.1, 0.15) is 11.1 Å². The summed E-state index contributed by atoms with van der Waals surface area (Å²) in [5.74, 6) is 0. The third-order valence-electron chi connectivity index (χ3n) is 1.13. The Morgan fingerprint density at radius 3 is 2.56 bits per heavy atom. The molecule has 3 heteroatoms. The van der Waals surface area contributed by atoms with Crippen molar-refractivity contribution in [3.63, 3.8) is 0 Å². The second-order valence-electron chi connectivity index (χ2n) is 1.85. The lowest BCUT2D eigenvalue weighted by Gasteiger charge is -1.80. The number of nitriles is 1. The van der Waals surface area contributed by atoms with Crippen molar-refractivity contribution in [2.24, 2.45) is 0 Å². The van der Waals surface area contributed by atoms with Gasteiger partial charge < -0.3 is 5.21 Å². The van der Waals surface area contributed by atoms with Crippen LogP contribution < -0.4 is 0 Å². The molecule has 0 aliphatic carbocycles. The molecule has 3 nitrogen and oxygen atoms in total. The normalized spacial score (nSPS) is 8.89. The maximum atomic E-state index is 8.73. The van der Waals surface area contributed by atoms with Gasteiger partial charge in [-0.15, -0.1) is 0 Å². The second kappa shape index (κ2) is 1.82. The molecule has 0 saturated heterocycles. The third kappa shape index (κ3) is 0.868. The van der Waals surface area contributed by atoms with E-state index in [0.717, 1.165) is 10.3 Å². The quantitative estimate of drug-likeness (QED) is 0.520. The van der Waals surface area contributed by atoms with E-state index in [1.807, 2.05) is 6.07 Å². The maximum Gasteiger partial charge on any atom is 0.101 e. The first-order valence-corrected chi connectivity index (χ1v) is 2.52. The summed E-state index contributed by atoms with van der Waals surface area (Å²) >= 11 is 0. The second-order valence-corrected chi connectivity index (χ2v) is 1.85. The van der Waals surface area contributed by atoms with Crippen LogP contribution >= 0.6 is 0 Å². The zero-order chi connectivity index (χ0) is 6.85. The molecular weight excluding hydrogens is 116 g/mol. The molecule has 0 atom stereocenters. The number of hydrogen-bond acceptors (Lipinski definition) is 2. The smallest absolute Gasteiger partial charge is 0.101 e. The average Bonchev–Trinajstić information content (AvgIpc) is 2.10. The molecule has 46 valence electrons. The Labute approximate surface area is 52.7 Å². The Bertz CT molecular complexity index is 257. The summed E-state index contributed by atoms with van der Waals surface area (Å²) in [5.41, 5.74) is 1.30. The molecule has 0 aliphatic heterocycles. The zero-order valence-electron chi connectivity index (χ0n) is 5.00. The van der Waals surface area contributed by atoms with Gasteiger partial charge in [-0.25, -0.2) is 4.73 Å². The lowest BCUT2D eigenvalue weighted by atomic mass is 10.2. The van der Waals surface area contributed by atoms with Crippen LogP contribution in [-0.2, 0) is 0 Å². The van der Waals surface area contributed by atoms with Crippen LogP contribution in [0.4, 0.5) is 0 Å². The number of aromatic nitrogens is 1. The van der Waals surface area contributed by atoms with E-state index in [2.05, 4.69) is 0 Å². The van der Waals surface area contributed by atoms with Crippen molar-refractivity contribution >= 4 is 0 Å². The minimum Gasteiger partial charge on any atom is -0.429 e. The molecule has 0 radical (unpaired) electrons. The summed E-state index contributed by atoms with van der Waals surface area (Å²) in [6.45, 7) is 1.77. The molecule has 0 spiro atoms. The van der Waals surface area contributed by atoms with Crippen molar-refractivity contribution < 1.29 is 5.21 Å². The van der Waals surface area contributed by atoms with Crippen molar-refractivity contribution in [3.8, 4) is 6.07 Å². The molecular formula is C6H6N2O. The van der Waals surface area contributed by atoms with Crippen molar-refractivity contribution in [2.45, 2.75) is 6.92 Å². The largest absolute Gasteiger partial charge is 0.429 e. The van der Waals surface area contributed by atoms with E-state index >= 15 is 0 Å². The van der Waals surface area contributed by atoms with E-state index in [1.54, 1.807) is 6.92 Å². The van der Waals surface area contributed by atoms with Crippen LogP contribution in [0.5, 0.6) is 0 Å². The summed E-state index contributed by atoms with van der Waals surface area (Å²) in [4.78, 5) is 0. The van der Waals surface area contributed by atoms with Gasteiger partial charge in [-0.1, -0.05) is 0 Å². The highest BCUT2D eigenvalue weighted by atomic mass is 16.5. The fourth-order valence-corrected chi connectivity index (χ4v) is 0.656. The van der Waals surface area contributed by atoms with E-state index in [1.165, 1.54) is 12.4 Å². The SMILES string of the molecule is Cc1cn(O)cc1C#N. The Balaban J connectivity index is 3.20. The molecule has 0 bridgehead atoms. The van der Waals surface area contributed by atoms with Crippen LogP contribution in [-0.4, -0.2) is 9.94 Å². The predicted molar refractivity (Wildman–Crippen MR) is 31.1 cm³/mol. The van der Waals surface area contributed by atoms with E-state index in [9.17, 15) is 0 Å². The molecule has 9 heavy (non-hydrogen) atoms. The lowest BCUT2D eigenvalue weighted by Crippen LogP contribution is -1.80. The summed E-state index contributed by atoms with van der Waals surface area (Å²) in [6, 6.07) is 1.94. The molecule has 0 aromatic carbocycles. The van der Waals surface area contributed by atoms with Gasteiger partial charge in [0.15, 0.2) is 0 Å². The molecule has 0 aliphatic rings. The highest BCUT2D eigenvalue weighted by Crippen LogP contribution is 2.04. The van der Waals surface area contributed by atoms with Gasteiger partial charge in [0.25, 0.3) is 0 Å². The Morgan fingerprint density at radius 1 is 1.67 bits per heavy atom.